The fraction of sp³-hybridized carbons (Fsp3) is 0.143. The van der Waals surface area contributed by atoms with Crippen LogP contribution >= 0.6 is 23.4 Å². The van der Waals surface area contributed by atoms with Gasteiger partial charge in [0.25, 0.3) is 0 Å². The lowest BCUT2D eigenvalue weighted by Crippen LogP contribution is -1.87. The molecule has 0 atom stereocenters. The van der Waals surface area contributed by atoms with E-state index in [4.69, 9.17) is 22.4 Å². The molecule has 0 saturated carbocycles. The molecule has 0 unspecified atom stereocenters. The summed E-state index contributed by atoms with van der Waals surface area (Å²) in [6.07, 6.45) is 0. The van der Waals surface area contributed by atoms with Gasteiger partial charge in [0.15, 0.2) is 0 Å². The van der Waals surface area contributed by atoms with Gasteiger partial charge in [0.2, 0.25) is 0 Å². The molecule has 0 amide bonds. The van der Waals surface area contributed by atoms with Crippen molar-refractivity contribution in [3.05, 3.63) is 58.6 Å². The van der Waals surface area contributed by atoms with Gasteiger partial charge in [-0.05, 0) is 29.3 Å². The maximum absolute atomic E-state index is 8.96. The van der Waals surface area contributed by atoms with E-state index in [9.17, 15) is 0 Å². The van der Waals surface area contributed by atoms with E-state index in [2.05, 4.69) is 0 Å². The zero-order chi connectivity index (χ0) is 13.0. The van der Waals surface area contributed by atoms with E-state index in [1.54, 1.807) is 17.8 Å². The normalized spacial score (nSPS) is 10.6. The Morgan fingerprint density at radius 3 is 2.33 bits per heavy atom. The minimum Gasteiger partial charge on any atom is -0.399 e. The van der Waals surface area contributed by atoms with Gasteiger partial charge >= 0.3 is 0 Å². The average Bonchev–Trinajstić information content (AvgIpc) is 2.38. The number of thioether (sulfide) groups is 1. The fourth-order valence-corrected chi connectivity index (χ4v) is 2.76. The van der Waals surface area contributed by atoms with Gasteiger partial charge in [0.1, 0.15) is 0 Å². The summed E-state index contributed by atoms with van der Waals surface area (Å²) in [7, 11) is 0. The molecule has 0 saturated heterocycles. The van der Waals surface area contributed by atoms with Crippen molar-refractivity contribution in [2.45, 2.75) is 17.3 Å². The van der Waals surface area contributed by atoms with Gasteiger partial charge in [-0.1, -0.05) is 35.9 Å². The van der Waals surface area contributed by atoms with Crippen LogP contribution in [-0.2, 0) is 12.4 Å². The highest BCUT2D eigenvalue weighted by atomic mass is 35.5. The molecule has 2 rings (SSSR count). The van der Waals surface area contributed by atoms with E-state index < -0.39 is 0 Å². The van der Waals surface area contributed by atoms with Crippen LogP contribution in [0.4, 0.5) is 5.69 Å². The standard InChI is InChI=1S/C14H14ClNOS/c15-13-7-12(16)5-6-14(13)18-9-11-3-1-10(8-17)2-4-11/h1-7,17H,8-9,16H2. The molecule has 94 valence electrons. The van der Waals surface area contributed by atoms with Crippen LogP contribution in [0.2, 0.25) is 5.02 Å². The first-order chi connectivity index (χ1) is 8.69. The minimum atomic E-state index is 0.0806. The molecule has 0 aliphatic rings. The van der Waals surface area contributed by atoms with Gasteiger partial charge in [0.05, 0.1) is 11.6 Å². The summed E-state index contributed by atoms with van der Waals surface area (Å²) in [4.78, 5) is 1.03. The van der Waals surface area contributed by atoms with E-state index in [1.165, 1.54) is 5.56 Å². The van der Waals surface area contributed by atoms with Crippen molar-refractivity contribution in [3.8, 4) is 0 Å². The van der Waals surface area contributed by atoms with Crippen molar-refractivity contribution in [2.24, 2.45) is 0 Å². The summed E-state index contributed by atoms with van der Waals surface area (Å²) in [5.41, 5.74) is 8.45. The van der Waals surface area contributed by atoms with Crippen molar-refractivity contribution in [2.75, 3.05) is 5.73 Å². The number of rotatable bonds is 4. The van der Waals surface area contributed by atoms with E-state index in [0.29, 0.717) is 10.7 Å². The molecule has 0 aromatic heterocycles. The van der Waals surface area contributed by atoms with Crippen molar-refractivity contribution in [3.63, 3.8) is 0 Å². The molecule has 0 aliphatic carbocycles. The zero-order valence-electron chi connectivity index (χ0n) is 9.77. The zero-order valence-corrected chi connectivity index (χ0v) is 11.3. The molecule has 0 radical (unpaired) electrons. The first kappa shape index (κ1) is 13.3. The van der Waals surface area contributed by atoms with Gasteiger partial charge < -0.3 is 10.8 Å². The molecule has 2 aromatic rings. The second-order valence-corrected chi connectivity index (χ2v) is 5.38. The predicted molar refractivity (Wildman–Crippen MR) is 77.8 cm³/mol. The van der Waals surface area contributed by atoms with Crippen LogP contribution in [0.3, 0.4) is 0 Å². The topological polar surface area (TPSA) is 46.2 Å². The SMILES string of the molecule is Nc1ccc(SCc2ccc(CO)cc2)c(Cl)c1. The smallest absolute Gasteiger partial charge is 0.0681 e. The Hall–Kier alpha value is -1.16. The third kappa shape index (κ3) is 3.42. The maximum atomic E-state index is 8.96. The van der Waals surface area contributed by atoms with Crippen LogP contribution in [-0.4, -0.2) is 5.11 Å². The van der Waals surface area contributed by atoms with Crippen molar-refractivity contribution >= 4 is 29.1 Å². The molecule has 2 nitrogen and oxygen atoms in total. The van der Waals surface area contributed by atoms with E-state index >= 15 is 0 Å². The minimum absolute atomic E-state index is 0.0806. The van der Waals surface area contributed by atoms with Crippen LogP contribution in [0.1, 0.15) is 11.1 Å². The molecule has 2 aromatic carbocycles. The van der Waals surface area contributed by atoms with Crippen LogP contribution in [0.25, 0.3) is 0 Å². The van der Waals surface area contributed by atoms with Crippen LogP contribution in [0, 0.1) is 0 Å². The van der Waals surface area contributed by atoms with Crippen molar-refractivity contribution in [1.82, 2.24) is 0 Å². The molecule has 0 bridgehead atoms. The summed E-state index contributed by atoms with van der Waals surface area (Å²) >= 11 is 7.78. The summed E-state index contributed by atoms with van der Waals surface area (Å²) in [5.74, 6) is 0.843. The van der Waals surface area contributed by atoms with Crippen LogP contribution in [0.15, 0.2) is 47.4 Å². The molecule has 0 spiro atoms. The Bertz CT molecular complexity index is 528. The second-order valence-electron chi connectivity index (χ2n) is 3.95. The first-order valence-corrected chi connectivity index (χ1v) is 6.92. The summed E-state index contributed by atoms with van der Waals surface area (Å²) in [5, 5.41) is 9.65. The van der Waals surface area contributed by atoms with Gasteiger partial charge in [0, 0.05) is 16.3 Å². The molecule has 3 N–H and O–H groups in total. The monoisotopic (exact) mass is 279 g/mol. The highest BCUT2D eigenvalue weighted by Gasteiger charge is 2.02. The molecule has 0 fully saturated rings. The Morgan fingerprint density at radius 1 is 1.06 bits per heavy atom. The number of hydrogen-bond donors (Lipinski definition) is 2. The Kier molecular flexibility index (Phi) is 4.53. The largest absolute Gasteiger partial charge is 0.399 e. The number of nitrogens with two attached hydrogens (primary N) is 1. The molecule has 18 heavy (non-hydrogen) atoms. The third-order valence-corrected chi connectivity index (χ3v) is 4.13. The summed E-state index contributed by atoms with van der Waals surface area (Å²) in [6.45, 7) is 0.0806. The van der Waals surface area contributed by atoms with Crippen LogP contribution < -0.4 is 5.73 Å². The van der Waals surface area contributed by atoms with Gasteiger partial charge in [-0.2, -0.15) is 0 Å². The first-order valence-electron chi connectivity index (χ1n) is 5.55. The molecular formula is C14H14ClNOS. The number of aliphatic hydroxyl groups excluding tert-OH is 1. The number of nitrogen functional groups attached to an aromatic ring is 1. The summed E-state index contributed by atoms with van der Waals surface area (Å²) < 4.78 is 0. The molecular weight excluding hydrogens is 266 g/mol. The maximum Gasteiger partial charge on any atom is 0.0681 e. The van der Waals surface area contributed by atoms with Gasteiger partial charge in [-0.25, -0.2) is 0 Å². The number of anilines is 1. The number of benzene rings is 2. The third-order valence-electron chi connectivity index (χ3n) is 2.56. The molecule has 0 heterocycles. The van der Waals surface area contributed by atoms with Crippen molar-refractivity contribution < 1.29 is 5.11 Å². The van der Waals surface area contributed by atoms with Gasteiger partial charge in [-0.3, -0.25) is 0 Å². The van der Waals surface area contributed by atoms with E-state index in [-0.39, 0.29) is 6.61 Å². The fourth-order valence-electron chi connectivity index (χ4n) is 1.54. The van der Waals surface area contributed by atoms with Gasteiger partial charge in [-0.15, -0.1) is 11.8 Å². The lowest BCUT2D eigenvalue weighted by molar-refractivity contribution is 0.282. The number of aliphatic hydroxyl groups is 1. The quantitative estimate of drug-likeness (QED) is 0.662. The summed E-state index contributed by atoms with van der Waals surface area (Å²) in [6, 6.07) is 13.4. The number of hydrogen-bond acceptors (Lipinski definition) is 3. The Labute approximate surface area is 116 Å². The van der Waals surface area contributed by atoms with Crippen LogP contribution in [0.5, 0.6) is 0 Å². The molecule has 4 heteroatoms. The highest BCUT2D eigenvalue weighted by molar-refractivity contribution is 7.98. The highest BCUT2D eigenvalue weighted by Crippen LogP contribution is 2.31. The average molecular weight is 280 g/mol. The lowest BCUT2D eigenvalue weighted by Gasteiger charge is -2.06. The Morgan fingerprint density at radius 2 is 1.72 bits per heavy atom. The van der Waals surface area contributed by atoms with Crippen molar-refractivity contribution in [1.29, 1.82) is 0 Å². The second kappa shape index (κ2) is 6.14. The van der Waals surface area contributed by atoms with E-state index in [0.717, 1.165) is 16.2 Å². The van der Waals surface area contributed by atoms with E-state index in [1.807, 2.05) is 36.4 Å². The predicted octanol–water partition coefficient (Wildman–Crippen LogP) is 3.71. The lowest BCUT2D eigenvalue weighted by atomic mass is 10.2. The molecule has 0 aliphatic heterocycles. The Balaban J connectivity index is 2.02. The number of halogens is 1.